The summed E-state index contributed by atoms with van der Waals surface area (Å²) < 4.78 is 1.01. The van der Waals surface area contributed by atoms with Crippen molar-refractivity contribution in [2.24, 2.45) is 0 Å². The molecule has 4 heteroatoms. The number of benzene rings is 1. The highest BCUT2D eigenvalue weighted by atomic mass is 79.9. The predicted octanol–water partition coefficient (Wildman–Crippen LogP) is 3.82. The van der Waals surface area contributed by atoms with Gasteiger partial charge in [0.15, 0.2) is 0 Å². The van der Waals surface area contributed by atoms with Crippen LogP contribution in [0.5, 0.6) is 0 Å². The Bertz CT molecular complexity index is 414. The lowest BCUT2D eigenvalue weighted by Gasteiger charge is -2.14. The zero-order valence-electron chi connectivity index (χ0n) is 9.92. The number of hydrogen-bond acceptors (Lipinski definition) is 1. The second-order valence-electron chi connectivity index (χ2n) is 4.49. The minimum absolute atomic E-state index is 0.0990. The van der Waals surface area contributed by atoms with Crippen molar-refractivity contribution >= 4 is 27.6 Å². The van der Waals surface area contributed by atoms with Crippen LogP contribution in [0, 0.1) is 6.92 Å². The average molecular weight is 297 g/mol. The van der Waals surface area contributed by atoms with Crippen LogP contribution in [-0.4, -0.2) is 12.1 Å². The summed E-state index contributed by atoms with van der Waals surface area (Å²) in [4.78, 5) is 11.8. The Balaban J connectivity index is 1.95. The van der Waals surface area contributed by atoms with Crippen molar-refractivity contribution in [1.82, 2.24) is 5.32 Å². The van der Waals surface area contributed by atoms with E-state index in [1.165, 1.54) is 12.8 Å². The Morgan fingerprint density at radius 2 is 2.06 bits per heavy atom. The number of hydrogen-bond donors (Lipinski definition) is 2. The van der Waals surface area contributed by atoms with E-state index in [0.717, 1.165) is 28.6 Å². The van der Waals surface area contributed by atoms with E-state index in [1.54, 1.807) is 0 Å². The highest BCUT2D eigenvalue weighted by Gasteiger charge is 2.17. The van der Waals surface area contributed by atoms with Crippen LogP contribution in [0.15, 0.2) is 22.7 Å². The Kier molecular flexibility index (Phi) is 4.05. The molecule has 1 aliphatic carbocycles. The highest BCUT2D eigenvalue weighted by molar-refractivity contribution is 9.10. The fourth-order valence-corrected chi connectivity index (χ4v) is 2.52. The van der Waals surface area contributed by atoms with E-state index in [1.807, 2.05) is 25.1 Å². The van der Waals surface area contributed by atoms with Gasteiger partial charge in [0.25, 0.3) is 0 Å². The second-order valence-corrected chi connectivity index (χ2v) is 5.35. The van der Waals surface area contributed by atoms with Crippen LogP contribution in [0.1, 0.15) is 31.2 Å². The lowest BCUT2D eigenvalue weighted by molar-refractivity contribution is 0.248. The number of urea groups is 1. The monoisotopic (exact) mass is 296 g/mol. The van der Waals surface area contributed by atoms with Crippen molar-refractivity contribution in [2.45, 2.75) is 38.6 Å². The smallest absolute Gasteiger partial charge is 0.319 e. The number of anilines is 1. The van der Waals surface area contributed by atoms with E-state index in [0.29, 0.717) is 6.04 Å². The third kappa shape index (κ3) is 3.22. The third-order valence-corrected chi connectivity index (χ3v) is 4.07. The van der Waals surface area contributed by atoms with Crippen molar-refractivity contribution in [3.05, 3.63) is 28.2 Å². The molecule has 0 bridgehead atoms. The standard InChI is InChI=1S/C13H17BrN2O/c1-9-11(14)7-4-8-12(9)16-13(17)15-10-5-2-3-6-10/h4,7-8,10H,2-3,5-6H2,1H3,(H2,15,16,17). The van der Waals surface area contributed by atoms with Crippen molar-refractivity contribution < 1.29 is 4.79 Å². The molecule has 2 N–H and O–H groups in total. The first-order chi connectivity index (χ1) is 8.16. The fraction of sp³-hybridized carbons (Fsp3) is 0.462. The fourth-order valence-electron chi connectivity index (χ4n) is 2.16. The average Bonchev–Trinajstić information content (AvgIpc) is 2.77. The molecule has 0 aromatic heterocycles. The van der Waals surface area contributed by atoms with Gasteiger partial charge >= 0.3 is 6.03 Å². The summed E-state index contributed by atoms with van der Waals surface area (Å²) in [7, 11) is 0. The van der Waals surface area contributed by atoms with Crippen LogP contribution in [0.3, 0.4) is 0 Å². The van der Waals surface area contributed by atoms with Crippen molar-refractivity contribution in [3.63, 3.8) is 0 Å². The number of carbonyl (C=O) groups excluding carboxylic acids is 1. The summed E-state index contributed by atoms with van der Waals surface area (Å²) in [6, 6.07) is 6.05. The summed E-state index contributed by atoms with van der Waals surface area (Å²) in [5.74, 6) is 0. The molecule has 1 fully saturated rings. The molecule has 1 aromatic carbocycles. The van der Waals surface area contributed by atoms with E-state index >= 15 is 0 Å². The molecular formula is C13H17BrN2O. The maximum absolute atomic E-state index is 11.8. The first kappa shape index (κ1) is 12.4. The summed E-state index contributed by atoms with van der Waals surface area (Å²) in [5.41, 5.74) is 1.91. The zero-order valence-corrected chi connectivity index (χ0v) is 11.5. The van der Waals surface area contributed by atoms with Crippen molar-refractivity contribution in [2.75, 3.05) is 5.32 Å². The molecule has 2 amide bonds. The van der Waals surface area contributed by atoms with Crippen LogP contribution in [-0.2, 0) is 0 Å². The Hall–Kier alpha value is -1.03. The van der Waals surface area contributed by atoms with Gasteiger partial charge in [-0.25, -0.2) is 4.79 Å². The van der Waals surface area contributed by atoms with E-state index in [4.69, 9.17) is 0 Å². The van der Waals surface area contributed by atoms with Crippen LogP contribution in [0.25, 0.3) is 0 Å². The number of amides is 2. The molecule has 17 heavy (non-hydrogen) atoms. The van der Waals surface area contributed by atoms with Crippen molar-refractivity contribution in [3.8, 4) is 0 Å². The second kappa shape index (κ2) is 5.54. The molecule has 0 aliphatic heterocycles. The molecule has 2 rings (SSSR count). The van der Waals surface area contributed by atoms with Gasteiger partial charge in [0.1, 0.15) is 0 Å². The van der Waals surface area contributed by atoms with E-state index in [9.17, 15) is 4.79 Å². The molecular weight excluding hydrogens is 280 g/mol. The quantitative estimate of drug-likeness (QED) is 0.856. The maximum Gasteiger partial charge on any atom is 0.319 e. The molecule has 0 atom stereocenters. The van der Waals surface area contributed by atoms with Gasteiger partial charge in [0.2, 0.25) is 0 Å². The molecule has 1 aliphatic rings. The summed E-state index contributed by atoms with van der Waals surface area (Å²) >= 11 is 3.45. The van der Waals surface area contributed by atoms with E-state index in [2.05, 4.69) is 26.6 Å². The predicted molar refractivity (Wildman–Crippen MR) is 73.3 cm³/mol. The van der Waals surface area contributed by atoms with Gasteiger partial charge in [-0.3, -0.25) is 0 Å². The number of rotatable bonds is 2. The highest BCUT2D eigenvalue weighted by Crippen LogP contribution is 2.23. The lowest BCUT2D eigenvalue weighted by Crippen LogP contribution is -2.36. The summed E-state index contributed by atoms with van der Waals surface area (Å²) in [6.07, 6.45) is 4.65. The van der Waals surface area contributed by atoms with Gasteiger partial charge in [-0.2, -0.15) is 0 Å². The van der Waals surface area contributed by atoms with E-state index in [-0.39, 0.29) is 6.03 Å². The Labute approximate surface area is 110 Å². The summed E-state index contributed by atoms with van der Waals surface area (Å²) in [6.45, 7) is 1.98. The van der Waals surface area contributed by atoms with Crippen molar-refractivity contribution in [1.29, 1.82) is 0 Å². The van der Waals surface area contributed by atoms with Crippen LogP contribution in [0.4, 0.5) is 10.5 Å². The Morgan fingerprint density at radius 1 is 1.35 bits per heavy atom. The molecule has 3 nitrogen and oxygen atoms in total. The van der Waals surface area contributed by atoms with Gasteiger partial charge in [0.05, 0.1) is 0 Å². The first-order valence-electron chi connectivity index (χ1n) is 5.99. The molecule has 0 saturated heterocycles. The van der Waals surface area contributed by atoms with E-state index < -0.39 is 0 Å². The van der Waals surface area contributed by atoms with Gasteiger partial charge in [-0.05, 0) is 37.5 Å². The molecule has 0 radical (unpaired) electrons. The van der Waals surface area contributed by atoms with Gasteiger partial charge in [-0.15, -0.1) is 0 Å². The molecule has 1 aromatic rings. The van der Waals surface area contributed by atoms with Crippen LogP contribution in [0.2, 0.25) is 0 Å². The van der Waals surface area contributed by atoms with Gasteiger partial charge in [0, 0.05) is 16.2 Å². The maximum atomic E-state index is 11.8. The zero-order chi connectivity index (χ0) is 12.3. The van der Waals surface area contributed by atoms with Crippen LogP contribution < -0.4 is 10.6 Å². The number of halogens is 1. The Morgan fingerprint density at radius 3 is 2.76 bits per heavy atom. The minimum atomic E-state index is -0.0990. The first-order valence-corrected chi connectivity index (χ1v) is 6.79. The summed E-state index contributed by atoms with van der Waals surface area (Å²) in [5, 5.41) is 5.91. The SMILES string of the molecule is Cc1c(Br)cccc1NC(=O)NC1CCCC1. The van der Waals surface area contributed by atoms with Gasteiger partial charge < -0.3 is 10.6 Å². The molecule has 92 valence electrons. The molecule has 0 unspecified atom stereocenters. The number of carbonyl (C=O) groups is 1. The minimum Gasteiger partial charge on any atom is -0.335 e. The largest absolute Gasteiger partial charge is 0.335 e. The third-order valence-electron chi connectivity index (χ3n) is 3.21. The van der Waals surface area contributed by atoms with Crippen LogP contribution >= 0.6 is 15.9 Å². The topological polar surface area (TPSA) is 41.1 Å². The number of nitrogens with one attached hydrogen (secondary N) is 2. The molecule has 0 spiro atoms. The molecule has 0 heterocycles. The normalized spacial score (nSPS) is 15.9. The lowest BCUT2D eigenvalue weighted by atomic mass is 10.2. The molecule has 1 saturated carbocycles. The van der Waals surface area contributed by atoms with Gasteiger partial charge in [-0.1, -0.05) is 34.8 Å².